The molecule has 1 unspecified atom stereocenters. The number of benzene rings is 1. The minimum Gasteiger partial charge on any atom is -0.481 e. The van der Waals surface area contributed by atoms with Crippen LogP contribution in [0.4, 0.5) is 0 Å². The summed E-state index contributed by atoms with van der Waals surface area (Å²) in [6.45, 7) is 3.44. The highest BCUT2D eigenvalue weighted by Crippen LogP contribution is 2.30. The third-order valence-electron chi connectivity index (χ3n) is 2.97. The molecule has 4 heteroatoms. The van der Waals surface area contributed by atoms with Crippen molar-refractivity contribution in [3.05, 3.63) is 35.4 Å². The minimum absolute atomic E-state index is 0.0844. The Morgan fingerprint density at radius 2 is 1.94 bits per heavy atom. The van der Waals surface area contributed by atoms with E-state index in [4.69, 9.17) is 5.11 Å². The van der Waals surface area contributed by atoms with Crippen molar-refractivity contribution in [1.82, 2.24) is 0 Å². The number of aliphatic carboxylic acids is 2. The van der Waals surface area contributed by atoms with E-state index in [2.05, 4.69) is 0 Å². The molecule has 0 aliphatic heterocycles. The minimum atomic E-state index is -1.15. The lowest BCUT2D eigenvalue weighted by Crippen LogP contribution is -2.33. The molecular weight excluding hydrogens is 220 g/mol. The molecule has 0 radical (unpaired) electrons. The Morgan fingerprint density at radius 3 is 2.41 bits per heavy atom. The van der Waals surface area contributed by atoms with Crippen molar-refractivity contribution in [3.63, 3.8) is 0 Å². The van der Waals surface area contributed by atoms with Crippen molar-refractivity contribution < 1.29 is 19.8 Å². The highest BCUT2D eigenvalue weighted by molar-refractivity contribution is 5.81. The molecule has 0 spiro atoms. The maximum absolute atomic E-state index is 11.4. The van der Waals surface area contributed by atoms with Crippen molar-refractivity contribution in [2.24, 2.45) is 0 Å². The molecule has 0 amide bonds. The third kappa shape index (κ3) is 3.06. The van der Waals surface area contributed by atoms with Crippen LogP contribution in [0.2, 0.25) is 0 Å². The Morgan fingerprint density at radius 1 is 1.29 bits per heavy atom. The van der Waals surface area contributed by atoms with Crippen LogP contribution in [-0.4, -0.2) is 22.2 Å². The second kappa shape index (κ2) is 4.99. The zero-order valence-electron chi connectivity index (χ0n) is 9.93. The average molecular weight is 236 g/mol. The monoisotopic (exact) mass is 236 g/mol. The van der Waals surface area contributed by atoms with Crippen LogP contribution in [0.1, 0.15) is 30.9 Å². The van der Waals surface area contributed by atoms with Crippen LogP contribution in [0, 0.1) is 6.92 Å². The van der Waals surface area contributed by atoms with Crippen LogP contribution in [-0.2, 0) is 15.0 Å². The van der Waals surface area contributed by atoms with Crippen LogP contribution in [0.25, 0.3) is 0 Å². The van der Waals surface area contributed by atoms with Gasteiger partial charge in [0.2, 0.25) is 0 Å². The fraction of sp³-hybridized carbons (Fsp3) is 0.385. The lowest BCUT2D eigenvalue weighted by atomic mass is 9.78. The van der Waals surface area contributed by atoms with Crippen molar-refractivity contribution in [2.75, 3.05) is 0 Å². The van der Waals surface area contributed by atoms with Gasteiger partial charge in [0.05, 0.1) is 5.41 Å². The van der Waals surface area contributed by atoms with Gasteiger partial charge in [0.15, 0.2) is 0 Å². The van der Waals surface area contributed by atoms with Crippen molar-refractivity contribution in [2.45, 2.75) is 32.1 Å². The zero-order valence-corrected chi connectivity index (χ0v) is 9.93. The lowest BCUT2D eigenvalue weighted by Gasteiger charge is -2.25. The molecular formula is C13H16O4. The number of aryl methyl sites for hydroxylation is 1. The molecule has 4 nitrogen and oxygen atoms in total. The molecule has 2 N–H and O–H groups in total. The van der Waals surface area contributed by atoms with Crippen LogP contribution in [0.5, 0.6) is 0 Å². The second-order valence-corrected chi connectivity index (χ2v) is 4.40. The molecule has 0 heterocycles. The van der Waals surface area contributed by atoms with Crippen molar-refractivity contribution >= 4 is 11.9 Å². The number of carboxylic acids is 2. The molecule has 1 aromatic carbocycles. The fourth-order valence-corrected chi connectivity index (χ4v) is 1.72. The van der Waals surface area contributed by atoms with E-state index in [1.807, 2.05) is 13.0 Å². The van der Waals surface area contributed by atoms with E-state index in [0.717, 1.165) is 5.56 Å². The summed E-state index contributed by atoms with van der Waals surface area (Å²) in [5.41, 5.74) is 0.460. The van der Waals surface area contributed by atoms with E-state index >= 15 is 0 Å². The smallest absolute Gasteiger partial charge is 0.313 e. The van der Waals surface area contributed by atoms with Crippen molar-refractivity contribution in [3.8, 4) is 0 Å². The zero-order chi connectivity index (χ0) is 13.1. The van der Waals surface area contributed by atoms with Gasteiger partial charge in [-0.2, -0.15) is 0 Å². The van der Waals surface area contributed by atoms with Crippen LogP contribution < -0.4 is 0 Å². The predicted octanol–water partition coefficient (Wildman–Crippen LogP) is 2.20. The van der Waals surface area contributed by atoms with Gasteiger partial charge in [0, 0.05) is 6.42 Å². The summed E-state index contributed by atoms with van der Waals surface area (Å²) in [4.78, 5) is 21.9. The van der Waals surface area contributed by atoms with E-state index in [1.54, 1.807) is 25.1 Å². The highest BCUT2D eigenvalue weighted by Gasteiger charge is 2.35. The number of carboxylic acid groups (broad SMARTS) is 2. The maximum Gasteiger partial charge on any atom is 0.313 e. The van der Waals surface area contributed by atoms with E-state index in [9.17, 15) is 14.7 Å². The summed E-state index contributed by atoms with van der Waals surface area (Å²) in [5, 5.41) is 18.0. The first-order valence-electron chi connectivity index (χ1n) is 5.38. The molecule has 1 rings (SSSR count). The van der Waals surface area contributed by atoms with E-state index < -0.39 is 17.4 Å². The summed E-state index contributed by atoms with van der Waals surface area (Å²) in [7, 11) is 0. The lowest BCUT2D eigenvalue weighted by molar-refractivity contribution is -0.144. The highest BCUT2D eigenvalue weighted by atomic mass is 16.4. The Labute approximate surface area is 99.9 Å². The normalized spacial score (nSPS) is 14.0. The largest absolute Gasteiger partial charge is 0.481 e. The number of rotatable bonds is 5. The number of carbonyl (C=O) groups is 2. The Kier molecular flexibility index (Phi) is 3.89. The van der Waals surface area contributed by atoms with Crippen LogP contribution in [0.15, 0.2) is 24.3 Å². The van der Waals surface area contributed by atoms with Crippen LogP contribution in [0.3, 0.4) is 0 Å². The quantitative estimate of drug-likeness (QED) is 0.821. The molecule has 0 fully saturated rings. The van der Waals surface area contributed by atoms with Crippen LogP contribution >= 0.6 is 0 Å². The van der Waals surface area contributed by atoms with E-state index in [1.165, 1.54) is 0 Å². The first-order chi connectivity index (χ1) is 7.86. The van der Waals surface area contributed by atoms with Gasteiger partial charge in [-0.25, -0.2) is 0 Å². The molecule has 17 heavy (non-hydrogen) atoms. The molecule has 1 aromatic rings. The number of hydrogen-bond donors (Lipinski definition) is 2. The molecule has 1 atom stereocenters. The second-order valence-electron chi connectivity index (χ2n) is 4.40. The van der Waals surface area contributed by atoms with E-state index in [0.29, 0.717) is 5.56 Å². The summed E-state index contributed by atoms with van der Waals surface area (Å²) in [6, 6.07) is 7.18. The first-order valence-corrected chi connectivity index (χ1v) is 5.38. The maximum atomic E-state index is 11.4. The Balaban J connectivity index is 3.07. The summed E-state index contributed by atoms with van der Waals surface area (Å²) < 4.78 is 0. The van der Waals surface area contributed by atoms with Gasteiger partial charge in [-0.05, 0) is 25.8 Å². The van der Waals surface area contributed by atoms with Gasteiger partial charge in [-0.3, -0.25) is 9.59 Å². The summed E-state index contributed by atoms with van der Waals surface area (Å²) in [5.74, 6) is -1.98. The number of hydrogen-bond acceptors (Lipinski definition) is 2. The summed E-state index contributed by atoms with van der Waals surface area (Å²) in [6.07, 6.45) is -0.0716. The van der Waals surface area contributed by atoms with Crippen molar-refractivity contribution in [1.29, 1.82) is 0 Å². The molecule has 0 aromatic heterocycles. The topological polar surface area (TPSA) is 74.6 Å². The third-order valence-corrected chi connectivity index (χ3v) is 2.97. The standard InChI is InChI=1S/C13H16O4/c1-9-4-3-5-10(8-9)13(2,12(16)17)7-6-11(14)15/h3-5,8H,6-7H2,1-2H3,(H,14,15)(H,16,17). The molecule has 0 saturated carbocycles. The molecule has 0 aliphatic carbocycles. The predicted molar refractivity (Wildman–Crippen MR) is 63.0 cm³/mol. The molecule has 92 valence electrons. The summed E-state index contributed by atoms with van der Waals surface area (Å²) >= 11 is 0. The molecule has 0 bridgehead atoms. The van der Waals surface area contributed by atoms with E-state index in [-0.39, 0.29) is 12.8 Å². The molecule has 0 saturated heterocycles. The Bertz CT molecular complexity index is 439. The average Bonchev–Trinajstić information content (AvgIpc) is 2.25. The van der Waals surface area contributed by atoms with Gasteiger partial charge in [-0.1, -0.05) is 29.8 Å². The van der Waals surface area contributed by atoms with Gasteiger partial charge in [0.25, 0.3) is 0 Å². The van der Waals surface area contributed by atoms with Gasteiger partial charge in [0.1, 0.15) is 0 Å². The van der Waals surface area contributed by atoms with Gasteiger partial charge >= 0.3 is 11.9 Å². The molecule has 0 aliphatic rings. The fourth-order valence-electron chi connectivity index (χ4n) is 1.72. The van der Waals surface area contributed by atoms with Gasteiger partial charge in [-0.15, -0.1) is 0 Å². The first kappa shape index (κ1) is 13.2. The Hall–Kier alpha value is -1.84. The van der Waals surface area contributed by atoms with Gasteiger partial charge < -0.3 is 10.2 Å². The SMILES string of the molecule is Cc1cccc(C(C)(CCC(=O)O)C(=O)O)c1.